The van der Waals surface area contributed by atoms with E-state index in [0.717, 1.165) is 29.9 Å². The van der Waals surface area contributed by atoms with Crippen molar-refractivity contribution >= 4 is 28.8 Å². The Balaban J connectivity index is 1.17. The first kappa shape index (κ1) is 36.1. The van der Waals surface area contributed by atoms with Gasteiger partial charge in [-0.15, -0.1) is 11.3 Å². The van der Waals surface area contributed by atoms with Crippen LogP contribution in [0, 0.1) is 45.1 Å². The zero-order chi connectivity index (χ0) is 37.4. The number of urea groups is 1. The van der Waals surface area contributed by atoms with Crippen LogP contribution in [0.4, 0.5) is 19.3 Å². The lowest BCUT2D eigenvalue weighted by molar-refractivity contribution is -0.174. The second-order valence-corrected chi connectivity index (χ2v) is 17.7. The van der Waals surface area contributed by atoms with Crippen molar-refractivity contribution in [2.24, 2.45) is 33.5 Å². The minimum atomic E-state index is -1.27. The van der Waals surface area contributed by atoms with Gasteiger partial charge in [0.15, 0.2) is 17.4 Å². The maximum atomic E-state index is 14.7. The maximum absolute atomic E-state index is 14.7. The van der Waals surface area contributed by atoms with Gasteiger partial charge in [-0.1, -0.05) is 38.1 Å². The number of amides is 2. The highest BCUT2D eigenvalue weighted by atomic mass is 32.1. The highest BCUT2D eigenvalue weighted by Crippen LogP contribution is 2.78. The minimum Gasteiger partial charge on any atom is -0.497 e. The number of hydrogen-bond donors (Lipinski definition) is 3. The molecule has 6 aliphatic rings. The molecule has 2 spiro atoms. The summed E-state index contributed by atoms with van der Waals surface area (Å²) in [5.41, 5.74) is -2.26. The Kier molecular flexibility index (Phi) is 8.78. The fraction of sp³-hybridized carbons (Fsp3) is 0.488. The van der Waals surface area contributed by atoms with Crippen molar-refractivity contribution in [2.75, 3.05) is 25.5 Å². The van der Waals surface area contributed by atoms with Crippen molar-refractivity contribution in [3.05, 3.63) is 106 Å². The van der Waals surface area contributed by atoms with E-state index in [9.17, 15) is 28.6 Å². The van der Waals surface area contributed by atoms with Gasteiger partial charge in [0.25, 0.3) is 0 Å². The van der Waals surface area contributed by atoms with Gasteiger partial charge < -0.3 is 25.2 Å². The molecular formula is C43H48F2N2O5S. The number of fused-ring (bicyclic) bond motifs is 1. The Labute approximate surface area is 313 Å². The first-order valence-corrected chi connectivity index (χ1v) is 19.7. The predicted molar refractivity (Wildman–Crippen MR) is 201 cm³/mol. The molecule has 9 rings (SSSR count). The molecular weight excluding hydrogens is 695 g/mol. The summed E-state index contributed by atoms with van der Waals surface area (Å²) in [6, 6.07) is 14.2. The Bertz CT molecular complexity index is 1980. The highest BCUT2D eigenvalue weighted by molar-refractivity contribution is 7.09. The second kappa shape index (κ2) is 12.9. The summed E-state index contributed by atoms with van der Waals surface area (Å²) >= 11 is 1.63. The lowest BCUT2D eigenvalue weighted by Crippen LogP contribution is -2.67. The molecule has 3 aromatic rings. The summed E-state index contributed by atoms with van der Waals surface area (Å²) < 4.78 is 34.0. The lowest BCUT2D eigenvalue weighted by atomic mass is 9.32. The first-order chi connectivity index (χ1) is 25.3. The summed E-state index contributed by atoms with van der Waals surface area (Å²) in [4.78, 5) is 31.7. The average Bonchev–Trinajstić information content (AvgIpc) is 3.76. The topological polar surface area (TPSA) is 99.1 Å². The number of methoxy groups -OCH3 is 1. The monoisotopic (exact) mass is 742 g/mol. The SMILES string of the molecule is COc1ccc(NC(=O)N(CCc2cccs2)CC2(O)CCC3C45C=CC6(C=C4C(=O)c4ccc(F)c(F)c4)CC(O)CCC6(C)C5CCC32C)cc1. The van der Waals surface area contributed by atoms with Crippen LogP contribution in [0.3, 0.4) is 0 Å². The molecule has 10 heteroatoms. The van der Waals surface area contributed by atoms with E-state index in [1.165, 1.54) is 6.07 Å². The second-order valence-electron chi connectivity index (χ2n) is 16.7. The number of hydrogen-bond acceptors (Lipinski definition) is 6. The van der Waals surface area contributed by atoms with E-state index < -0.39 is 39.6 Å². The number of ketones is 1. The molecule has 53 heavy (non-hydrogen) atoms. The smallest absolute Gasteiger partial charge is 0.321 e. The van der Waals surface area contributed by atoms with Gasteiger partial charge in [-0.2, -0.15) is 0 Å². The molecule has 3 fully saturated rings. The molecule has 8 atom stereocenters. The number of aliphatic hydroxyl groups excluding tert-OH is 1. The molecule has 2 bridgehead atoms. The molecule has 3 N–H and O–H groups in total. The number of nitrogens with one attached hydrogen (secondary N) is 1. The van der Waals surface area contributed by atoms with E-state index >= 15 is 0 Å². The predicted octanol–water partition coefficient (Wildman–Crippen LogP) is 8.59. The Morgan fingerprint density at radius 1 is 0.962 bits per heavy atom. The normalized spacial score (nSPS) is 35.2. The number of Topliss-reactive ketones (excluding diaryl/α,β-unsaturated/α-hetero) is 1. The van der Waals surface area contributed by atoms with Crippen molar-refractivity contribution in [3.63, 3.8) is 0 Å². The largest absolute Gasteiger partial charge is 0.497 e. The third-order valence-corrected chi connectivity index (χ3v) is 15.4. The molecule has 8 unspecified atom stereocenters. The van der Waals surface area contributed by atoms with Gasteiger partial charge in [0.05, 0.1) is 25.4 Å². The van der Waals surface area contributed by atoms with Crippen LogP contribution in [-0.4, -0.2) is 58.8 Å². The van der Waals surface area contributed by atoms with Gasteiger partial charge in [-0.05, 0) is 123 Å². The summed E-state index contributed by atoms with van der Waals surface area (Å²) in [6.07, 6.45) is 11.1. The number of carbonyl (C=O) groups is 2. The Morgan fingerprint density at radius 3 is 2.42 bits per heavy atom. The third-order valence-electron chi connectivity index (χ3n) is 14.4. The summed E-state index contributed by atoms with van der Waals surface area (Å²) in [6.45, 7) is 4.95. The standard InChI is InChI=1S/C43H48F2N2O5S/c1-39-16-12-29(48)24-41(39)19-20-43(32(25-41)37(49)27-6-11-33(44)34(45)23-27)35(39)13-17-40(2)36(43)14-18-42(40,51)26-47(21-15-31-5-4-22-53-31)38(50)46-28-7-9-30(52-3)10-8-28/h4-11,19-20,22-23,25,29,35-36,48,51H,12-18,21,24,26H2,1-3H3,(H,46,50). The average molecular weight is 743 g/mol. The van der Waals surface area contributed by atoms with Gasteiger partial charge in [0, 0.05) is 44.5 Å². The minimum absolute atomic E-state index is 0.0375. The number of halogens is 2. The zero-order valence-electron chi connectivity index (χ0n) is 30.5. The molecule has 0 saturated heterocycles. The number of benzene rings is 2. The molecule has 7 nitrogen and oxygen atoms in total. The quantitative estimate of drug-likeness (QED) is 0.151. The molecule has 0 radical (unpaired) electrons. The molecule has 0 aliphatic heterocycles. The number of anilines is 1. The fourth-order valence-corrected chi connectivity index (χ4v) is 12.2. The van der Waals surface area contributed by atoms with Crippen LogP contribution in [-0.2, 0) is 6.42 Å². The van der Waals surface area contributed by atoms with Crippen LogP contribution in [0.25, 0.3) is 0 Å². The number of aliphatic hydroxyl groups is 2. The zero-order valence-corrected chi connectivity index (χ0v) is 31.4. The number of rotatable bonds is 9. The van der Waals surface area contributed by atoms with Crippen LogP contribution in [0.1, 0.15) is 74.0 Å². The third kappa shape index (κ3) is 5.45. The van der Waals surface area contributed by atoms with E-state index in [1.54, 1.807) is 47.6 Å². The maximum Gasteiger partial charge on any atom is 0.321 e. The van der Waals surface area contributed by atoms with Gasteiger partial charge in [0.2, 0.25) is 0 Å². The van der Waals surface area contributed by atoms with Crippen molar-refractivity contribution in [1.29, 1.82) is 0 Å². The van der Waals surface area contributed by atoms with E-state index in [4.69, 9.17) is 4.74 Å². The van der Waals surface area contributed by atoms with Gasteiger partial charge in [0.1, 0.15) is 5.75 Å². The van der Waals surface area contributed by atoms with Crippen molar-refractivity contribution < 1.29 is 33.3 Å². The summed E-state index contributed by atoms with van der Waals surface area (Å²) in [5.74, 6) is -1.87. The lowest BCUT2D eigenvalue weighted by Gasteiger charge is -2.71. The van der Waals surface area contributed by atoms with Crippen molar-refractivity contribution in [1.82, 2.24) is 4.90 Å². The summed E-state index contributed by atoms with van der Waals surface area (Å²) in [5, 5.41) is 29.0. The van der Waals surface area contributed by atoms with Crippen LogP contribution < -0.4 is 10.1 Å². The van der Waals surface area contributed by atoms with Crippen LogP contribution in [0.5, 0.6) is 5.75 Å². The molecule has 280 valence electrons. The first-order valence-electron chi connectivity index (χ1n) is 18.8. The number of allylic oxidation sites excluding steroid dienone is 4. The van der Waals surface area contributed by atoms with Crippen LogP contribution in [0.15, 0.2) is 83.8 Å². The molecule has 1 aromatic heterocycles. The van der Waals surface area contributed by atoms with Crippen LogP contribution in [0.2, 0.25) is 0 Å². The molecule has 3 saturated carbocycles. The van der Waals surface area contributed by atoms with Gasteiger partial charge >= 0.3 is 6.03 Å². The van der Waals surface area contributed by atoms with Crippen LogP contribution >= 0.6 is 11.3 Å². The van der Waals surface area contributed by atoms with E-state index in [1.807, 2.05) is 17.5 Å². The molecule has 1 heterocycles. The highest BCUT2D eigenvalue weighted by Gasteiger charge is 2.74. The Hall–Kier alpha value is -3.86. The number of thiophene rings is 1. The van der Waals surface area contributed by atoms with E-state index in [-0.39, 0.29) is 41.2 Å². The van der Waals surface area contributed by atoms with Gasteiger partial charge in [-0.25, -0.2) is 13.6 Å². The molecule has 2 aromatic carbocycles. The van der Waals surface area contributed by atoms with Gasteiger partial charge in [-0.3, -0.25) is 4.79 Å². The number of carbonyl (C=O) groups excluding carboxylic acids is 2. The van der Waals surface area contributed by atoms with Crippen molar-refractivity contribution in [3.8, 4) is 5.75 Å². The van der Waals surface area contributed by atoms with Crippen molar-refractivity contribution in [2.45, 2.75) is 76.9 Å². The molecule has 6 aliphatic carbocycles. The van der Waals surface area contributed by atoms with E-state index in [0.29, 0.717) is 62.1 Å². The molecule has 2 amide bonds. The Morgan fingerprint density at radius 2 is 1.70 bits per heavy atom. The number of ether oxygens (including phenoxy) is 1. The van der Waals surface area contributed by atoms with E-state index in [2.05, 4.69) is 37.4 Å². The number of nitrogens with zero attached hydrogens (tertiary/aromatic N) is 1. The fourth-order valence-electron chi connectivity index (χ4n) is 11.5. The summed E-state index contributed by atoms with van der Waals surface area (Å²) in [7, 11) is 1.59.